The molecule has 1 fully saturated rings. The monoisotopic (exact) mass is 283 g/mol. The van der Waals surface area contributed by atoms with Gasteiger partial charge in [0.05, 0.1) is 17.4 Å². The fourth-order valence-electron chi connectivity index (χ4n) is 2.47. The lowest BCUT2D eigenvalue weighted by Crippen LogP contribution is -2.41. The molecule has 0 N–H and O–H groups in total. The van der Waals surface area contributed by atoms with Gasteiger partial charge >= 0.3 is 7.12 Å². The topological polar surface area (TPSA) is 59.5 Å². The number of aryl methyl sites for hydroxylation is 1. The summed E-state index contributed by atoms with van der Waals surface area (Å²) in [6.07, 6.45) is 3.45. The Morgan fingerprint density at radius 3 is 2.43 bits per heavy atom. The van der Waals surface area contributed by atoms with Gasteiger partial charge in [0.15, 0.2) is 0 Å². The van der Waals surface area contributed by atoms with Gasteiger partial charge in [0.1, 0.15) is 17.4 Å². The number of aromatic nitrogens is 2. The highest BCUT2D eigenvalue weighted by atomic mass is 16.7. The van der Waals surface area contributed by atoms with Crippen molar-refractivity contribution in [3.63, 3.8) is 0 Å². The molecule has 0 aromatic carbocycles. The van der Waals surface area contributed by atoms with Crippen LogP contribution in [0.15, 0.2) is 18.5 Å². The van der Waals surface area contributed by atoms with Crippen LogP contribution in [-0.2, 0) is 9.31 Å². The van der Waals surface area contributed by atoms with E-state index >= 15 is 0 Å². The van der Waals surface area contributed by atoms with Crippen LogP contribution < -0.4 is 5.46 Å². The summed E-state index contributed by atoms with van der Waals surface area (Å²) in [6, 6.07) is 4.15. The van der Waals surface area contributed by atoms with Gasteiger partial charge in [0, 0.05) is 6.20 Å². The third-order valence-corrected chi connectivity index (χ3v) is 4.45. The van der Waals surface area contributed by atoms with E-state index in [4.69, 9.17) is 14.6 Å². The third kappa shape index (κ3) is 2.05. The number of fused-ring (bicyclic) bond motifs is 1. The lowest BCUT2D eigenvalue weighted by Gasteiger charge is -2.32. The van der Waals surface area contributed by atoms with E-state index in [-0.39, 0.29) is 11.2 Å². The van der Waals surface area contributed by atoms with E-state index < -0.39 is 7.12 Å². The summed E-state index contributed by atoms with van der Waals surface area (Å²) >= 11 is 0. The van der Waals surface area contributed by atoms with E-state index in [9.17, 15) is 0 Å². The maximum Gasteiger partial charge on any atom is 0.496 e. The summed E-state index contributed by atoms with van der Waals surface area (Å²) in [4.78, 5) is 4.27. The number of nitrogens with zero attached hydrogens (tertiary/aromatic N) is 3. The van der Waals surface area contributed by atoms with Crippen LogP contribution in [0.5, 0.6) is 0 Å². The molecule has 6 heteroatoms. The minimum absolute atomic E-state index is 0.381. The second-order valence-electron chi connectivity index (χ2n) is 6.49. The van der Waals surface area contributed by atoms with Gasteiger partial charge < -0.3 is 9.31 Å². The first-order valence-corrected chi connectivity index (χ1v) is 6.98. The van der Waals surface area contributed by atoms with Crippen molar-refractivity contribution in [1.29, 1.82) is 5.26 Å². The fourth-order valence-corrected chi connectivity index (χ4v) is 2.47. The summed E-state index contributed by atoms with van der Waals surface area (Å²) in [5, 5.41) is 9.16. The van der Waals surface area contributed by atoms with Crippen LogP contribution in [0.2, 0.25) is 0 Å². The molecule has 0 radical (unpaired) electrons. The van der Waals surface area contributed by atoms with Crippen molar-refractivity contribution in [3.05, 3.63) is 29.7 Å². The molecular weight excluding hydrogens is 265 g/mol. The van der Waals surface area contributed by atoms with E-state index in [1.54, 1.807) is 10.6 Å². The summed E-state index contributed by atoms with van der Waals surface area (Å²) in [5.41, 5.74) is 2.41. The molecule has 0 saturated carbocycles. The molecule has 0 atom stereocenters. The average molecular weight is 283 g/mol. The molecule has 1 saturated heterocycles. The molecule has 0 bridgehead atoms. The normalized spacial score (nSPS) is 19.9. The van der Waals surface area contributed by atoms with Gasteiger partial charge in [0.25, 0.3) is 0 Å². The van der Waals surface area contributed by atoms with E-state index in [0.29, 0.717) is 5.69 Å². The Balaban J connectivity index is 2.09. The highest BCUT2D eigenvalue weighted by Crippen LogP contribution is 2.36. The number of nitriles is 1. The molecule has 2 aromatic rings. The Morgan fingerprint density at radius 1 is 1.24 bits per heavy atom. The van der Waals surface area contributed by atoms with Crippen molar-refractivity contribution < 1.29 is 9.31 Å². The summed E-state index contributed by atoms with van der Waals surface area (Å²) in [6.45, 7) is 10.1. The Hall–Kier alpha value is -1.84. The molecule has 0 amide bonds. The zero-order valence-corrected chi connectivity index (χ0v) is 13.0. The van der Waals surface area contributed by atoms with Gasteiger partial charge in [-0.1, -0.05) is 6.07 Å². The van der Waals surface area contributed by atoms with Gasteiger partial charge in [-0.3, -0.25) is 4.40 Å². The zero-order chi connectivity index (χ0) is 15.4. The highest BCUT2D eigenvalue weighted by Gasteiger charge is 2.51. The van der Waals surface area contributed by atoms with Crippen LogP contribution in [0.4, 0.5) is 0 Å². The number of rotatable bonds is 1. The van der Waals surface area contributed by atoms with Gasteiger partial charge in [-0.05, 0) is 45.6 Å². The van der Waals surface area contributed by atoms with Crippen LogP contribution in [-0.4, -0.2) is 27.7 Å². The minimum atomic E-state index is -0.438. The second kappa shape index (κ2) is 4.33. The van der Waals surface area contributed by atoms with Gasteiger partial charge in [-0.2, -0.15) is 5.26 Å². The maximum absolute atomic E-state index is 9.16. The number of hydrogen-bond donors (Lipinski definition) is 0. The smallest absolute Gasteiger partial charge is 0.399 e. The standard InChI is InChI=1S/C15H18BN3O2/c1-10-6-11(9-19-12(7-17)8-18-13(10)19)16-20-14(2,3)15(4,5)21-16/h6,8-9H,1-5H3. The molecule has 3 heterocycles. The SMILES string of the molecule is Cc1cc(B2OC(C)(C)C(C)(C)O2)cn2c(C#N)cnc12. The molecule has 1 aliphatic rings. The van der Waals surface area contributed by atoms with Crippen LogP contribution in [0, 0.1) is 18.3 Å². The van der Waals surface area contributed by atoms with Crippen LogP contribution in [0.1, 0.15) is 39.0 Å². The van der Waals surface area contributed by atoms with Crippen LogP contribution in [0.3, 0.4) is 0 Å². The van der Waals surface area contributed by atoms with Crippen LogP contribution >= 0.6 is 0 Å². The molecular formula is C15H18BN3O2. The maximum atomic E-state index is 9.16. The van der Waals surface area contributed by atoms with Crippen molar-refractivity contribution in [3.8, 4) is 6.07 Å². The first kappa shape index (κ1) is 14.1. The lowest BCUT2D eigenvalue weighted by atomic mass is 9.79. The van der Waals surface area contributed by atoms with Crippen molar-refractivity contribution in [2.24, 2.45) is 0 Å². The van der Waals surface area contributed by atoms with E-state index in [1.165, 1.54) is 0 Å². The quantitative estimate of drug-likeness (QED) is 0.749. The Morgan fingerprint density at radius 2 is 1.86 bits per heavy atom. The van der Waals surface area contributed by atoms with E-state index in [0.717, 1.165) is 16.7 Å². The number of imidazole rings is 1. The van der Waals surface area contributed by atoms with Gasteiger partial charge in [0.2, 0.25) is 0 Å². The van der Waals surface area contributed by atoms with Crippen molar-refractivity contribution in [2.75, 3.05) is 0 Å². The average Bonchev–Trinajstić information content (AvgIpc) is 2.88. The molecule has 0 spiro atoms. The lowest BCUT2D eigenvalue weighted by molar-refractivity contribution is 0.00578. The van der Waals surface area contributed by atoms with E-state index in [1.807, 2.05) is 46.9 Å². The molecule has 1 aliphatic heterocycles. The van der Waals surface area contributed by atoms with E-state index in [2.05, 4.69) is 11.1 Å². The summed E-state index contributed by atoms with van der Waals surface area (Å²) in [5.74, 6) is 0. The minimum Gasteiger partial charge on any atom is -0.399 e. The molecule has 108 valence electrons. The van der Waals surface area contributed by atoms with Crippen LogP contribution in [0.25, 0.3) is 5.65 Å². The largest absolute Gasteiger partial charge is 0.496 e. The van der Waals surface area contributed by atoms with Gasteiger partial charge in [-0.25, -0.2) is 4.98 Å². The molecule has 2 aromatic heterocycles. The Labute approximate surface area is 124 Å². The van der Waals surface area contributed by atoms with Gasteiger partial charge in [-0.15, -0.1) is 0 Å². The number of pyridine rings is 1. The predicted octanol–water partition coefficient (Wildman–Crippen LogP) is 1.81. The molecule has 5 nitrogen and oxygen atoms in total. The molecule has 3 rings (SSSR count). The highest BCUT2D eigenvalue weighted by molar-refractivity contribution is 6.62. The molecule has 0 unspecified atom stereocenters. The van der Waals surface area contributed by atoms with Crippen molar-refractivity contribution >= 4 is 18.2 Å². The summed E-state index contributed by atoms with van der Waals surface area (Å²) < 4.78 is 13.9. The second-order valence-corrected chi connectivity index (χ2v) is 6.49. The third-order valence-electron chi connectivity index (χ3n) is 4.45. The van der Waals surface area contributed by atoms with Crippen molar-refractivity contribution in [2.45, 2.75) is 45.8 Å². The Kier molecular flexibility index (Phi) is 2.91. The number of hydrogen-bond acceptors (Lipinski definition) is 4. The van der Waals surface area contributed by atoms with Crippen molar-refractivity contribution in [1.82, 2.24) is 9.38 Å². The zero-order valence-electron chi connectivity index (χ0n) is 13.0. The molecule has 0 aliphatic carbocycles. The fraction of sp³-hybridized carbons (Fsp3) is 0.467. The first-order valence-electron chi connectivity index (χ1n) is 6.98. The predicted molar refractivity (Wildman–Crippen MR) is 80.4 cm³/mol. The first-order chi connectivity index (χ1) is 9.75. The molecule has 21 heavy (non-hydrogen) atoms. The summed E-state index contributed by atoms with van der Waals surface area (Å²) in [7, 11) is -0.438. The Bertz CT molecular complexity index is 742.